The van der Waals surface area contributed by atoms with Gasteiger partial charge < -0.3 is 10.0 Å². The largest absolute Gasteiger partial charge is 0.506 e. The van der Waals surface area contributed by atoms with Gasteiger partial charge in [-0.25, -0.2) is 0 Å². The van der Waals surface area contributed by atoms with Gasteiger partial charge in [0.1, 0.15) is 5.75 Å². The van der Waals surface area contributed by atoms with E-state index in [2.05, 4.69) is 25.7 Å². The van der Waals surface area contributed by atoms with Gasteiger partial charge in [0.15, 0.2) is 0 Å². The van der Waals surface area contributed by atoms with Gasteiger partial charge in [-0.05, 0) is 32.4 Å². The molecule has 0 fully saturated rings. The average molecular weight is 193 g/mol. The van der Waals surface area contributed by atoms with Crippen molar-refractivity contribution in [3.63, 3.8) is 0 Å². The number of para-hydroxylation sites is 2. The molecular formula is C12H19NO. The SMILES string of the molecule is CCC(C)N(CC)c1ccccc1O. The van der Waals surface area contributed by atoms with Crippen molar-refractivity contribution in [2.45, 2.75) is 33.2 Å². The molecule has 1 N–H and O–H groups in total. The highest BCUT2D eigenvalue weighted by Gasteiger charge is 2.13. The first-order chi connectivity index (χ1) is 6.70. The average Bonchev–Trinajstić information content (AvgIpc) is 2.21. The first kappa shape index (κ1) is 10.9. The van der Waals surface area contributed by atoms with E-state index in [0.717, 1.165) is 18.7 Å². The highest BCUT2D eigenvalue weighted by atomic mass is 16.3. The van der Waals surface area contributed by atoms with Crippen LogP contribution in [0.5, 0.6) is 5.75 Å². The molecule has 2 heteroatoms. The van der Waals surface area contributed by atoms with Gasteiger partial charge in [-0.1, -0.05) is 19.1 Å². The molecule has 0 saturated carbocycles. The van der Waals surface area contributed by atoms with Crippen LogP contribution in [-0.4, -0.2) is 17.7 Å². The van der Waals surface area contributed by atoms with Gasteiger partial charge in [0.2, 0.25) is 0 Å². The summed E-state index contributed by atoms with van der Waals surface area (Å²) in [6.07, 6.45) is 1.09. The Hall–Kier alpha value is -1.18. The Bertz CT molecular complexity index is 285. The molecule has 0 aliphatic carbocycles. The van der Waals surface area contributed by atoms with Gasteiger partial charge in [-0.2, -0.15) is 0 Å². The summed E-state index contributed by atoms with van der Waals surface area (Å²) in [5, 5.41) is 9.71. The number of anilines is 1. The lowest BCUT2D eigenvalue weighted by atomic mass is 10.2. The van der Waals surface area contributed by atoms with E-state index in [1.165, 1.54) is 0 Å². The molecule has 2 nitrogen and oxygen atoms in total. The maximum absolute atomic E-state index is 9.71. The Kier molecular flexibility index (Phi) is 3.81. The minimum Gasteiger partial charge on any atom is -0.506 e. The number of phenols is 1. The molecule has 0 heterocycles. The Morgan fingerprint density at radius 2 is 1.93 bits per heavy atom. The standard InChI is InChI=1S/C12H19NO/c1-4-10(3)13(5-2)11-8-6-7-9-12(11)14/h6-10,14H,4-5H2,1-3H3. The number of benzene rings is 1. The van der Waals surface area contributed by atoms with Crippen LogP contribution < -0.4 is 4.90 Å². The van der Waals surface area contributed by atoms with Gasteiger partial charge in [0.25, 0.3) is 0 Å². The van der Waals surface area contributed by atoms with Crippen LogP contribution >= 0.6 is 0 Å². The van der Waals surface area contributed by atoms with Crippen molar-refractivity contribution >= 4 is 5.69 Å². The Balaban J connectivity index is 2.94. The smallest absolute Gasteiger partial charge is 0.138 e. The molecule has 1 aromatic carbocycles. The van der Waals surface area contributed by atoms with E-state index in [0.29, 0.717) is 11.8 Å². The van der Waals surface area contributed by atoms with Crippen molar-refractivity contribution < 1.29 is 5.11 Å². The van der Waals surface area contributed by atoms with Crippen LogP contribution in [0.2, 0.25) is 0 Å². The van der Waals surface area contributed by atoms with Gasteiger partial charge in [0, 0.05) is 12.6 Å². The van der Waals surface area contributed by atoms with E-state index in [-0.39, 0.29) is 0 Å². The second kappa shape index (κ2) is 4.89. The lowest BCUT2D eigenvalue weighted by Gasteiger charge is -2.29. The van der Waals surface area contributed by atoms with Crippen LogP contribution in [0.15, 0.2) is 24.3 Å². The van der Waals surface area contributed by atoms with Gasteiger partial charge >= 0.3 is 0 Å². The number of aromatic hydroxyl groups is 1. The van der Waals surface area contributed by atoms with Crippen LogP contribution in [0.4, 0.5) is 5.69 Å². The van der Waals surface area contributed by atoms with Crippen molar-refractivity contribution in [1.82, 2.24) is 0 Å². The van der Waals surface area contributed by atoms with Crippen molar-refractivity contribution in [2.75, 3.05) is 11.4 Å². The van der Waals surface area contributed by atoms with Crippen LogP contribution in [0.3, 0.4) is 0 Å². The molecule has 1 atom stereocenters. The maximum atomic E-state index is 9.71. The minimum absolute atomic E-state index is 0.370. The molecule has 0 aliphatic heterocycles. The van der Waals surface area contributed by atoms with E-state index in [9.17, 15) is 5.11 Å². The molecule has 0 saturated heterocycles. The van der Waals surface area contributed by atoms with Crippen molar-refractivity contribution in [2.24, 2.45) is 0 Å². The lowest BCUT2D eigenvalue weighted by molar-refractivity contribution is 0.470. The van der Waals surface area contributed by atoms with Crippen LogP contribution in [0, 0.1) is 0 Å². The monoisotopic (exact) mass is 193 g/mol. The minimum atomic E-state index is 0.370. The fourth-order valence-electron chi connectivity index (χ4n) is 1.65. The van der Waals surface area contributed by atoms with Gasteiger partial charge in [-0.15, -0.1) is 0 Å². The summed E-state index contributed by atoms with van der Waals surface area (Å²) in [4.78, 5) is 2.22. The van der Waals surface area contributed by atoms with Gasteiger partial charge in [-0.3, -0.25) is 0 Å². The fraction of sp³-hybridized carbons (Fsp3) is 0.500. The van der Waals surface area contributed by atoms with Crippen molar-refractivity contribution in [1.29, 1.82) is 0 Å². The van der Waals surface area contributed by atoms with Crippen molar-refractivity contribution in [3.8, 4) is 5.75 Å². The summed E-state index contributed by atoms with van der Waals surface area (Å²) in [5.74, 6) is 0.370. The van der Waals surface area contributed by atoms with E-state index in [1.54, 1.807) is 6.07 Å². The third-order valence-corrected chi connectivity index (χ3v) is 2.65. The van der Waals surface area contributed by atoms with E-state index in [1.807, 2.05) is 18.2 Å². The zero-order valence-electron chi connectivity index (χ0n) is 9.20. The zero-order valence-corrected chi connectivity index (χ0v) is 9.20. The van der Waals surface area contributed by atoms with Crippen molar-refractivity contribution in [3.05, 3.63) is 24.3 Å². The molecule has 1 aromatic rings. The number of nitrogens with zero attached hydrogens (tertiary/aromatic N) is 1. The number of hydrogen-bond acceptors (Lipinski definition) is 2. The third kappa shape index (κ3) is 2.19. The molecule has 0 bridgehead atoms. The number of hydrogen-bond donors (Lipinski definition) is 1. The summed E-state index contributed by atoms with van der Waals surface area (Å²) in [7, 11) is 0. The lowest BCUT2D eigenvalue weighted by Crippen LogP contribution is -2.32. The normalized spacial score (nSPS) is 12.5. The van der Waals surface area contributed by atoms with Crippen LogP contribution in [-0.2, 0) is 0 Å². The first-order valence-corrected chi connectivity index (χ1v) is 5.25. The maximum Gasteiger partial charge on any atom is 0.138 e. The second-order valence-electron chi connectivity index (χ2n) is 3.53. The molecule has 14 heavy (non-hydrogen) atoms. The van der Waals surface area contributed by atoms with E-state index in [4.69, 9.17) is 0 Å². The first-order valence-electron chi connectivity index (χ1n) is 5.25. The predicted octanol–water partition coefficient (Wildman–Crippen LogP) is 3.02. The zero-order chi connectivity index (χ0) is 10.6. The Labute approximate surface area is 86.2 Å². The molecule has 1 unspecified atom stereocenters. The summed E-state index contributed by atoms with van der Waals surface area (Å²) in [5.41, 5.74) is 0.935. The summed E-state index contributed by atoms with van der Waals surface area (Å²) in [6, 6.07) is 7.97. The molecule has 0 spiro atoms. The second-order valence-corrected chi connectivity index (χ2v) is 3.53. The predicted molar refractivity (Wildman–Crippen MR) is 60.9 cm³/mol. The quantitative estimate of drug-likeness (QED) is 0.794. The summed E-state index contributed by atoms with van der Waals surface area (Å²) >= 11 is 0. The number of phenolic OH excluding ortho intramolecular Hbond substituents is 1. The van der Waals surface area contributed by atoms with E-state index >= 15 is 0 Å². The topological polar surface area (TPSA) is 23.5 Å². The highest BCUT2D eigenvalue weighted by molar-refractivity contribution is 5.58. The van der Waals surface area contributed by atoms with E-state index < -0.39 is 0 Å². The Morgan fingerprint density at radius 3 is 2.43 bits per heavy atom. The fourth-order valence-corrected chi connectivity index (χ4v) is 1.65. The van der Waals surface area contributed by atoms with Crippen LogP contribution in [0.25, 0.3) is 0 Å². The molecule has 1 rings (SSSR count). The third-order valence-electron chi connectivity index (χ3n) is 2.65. The van der Waals surface area contributed by atoms with Crippen LogP contribution in [0.1, 0.15) is 27.2 Å². The highest BCUT2D eigenvalue weighted by Crippen LogP contribution is 2.28. The molecule has 0 amide bonds. The Morgan fingerprint density at radius 1 is 1.29 bits per heavy atom. The molecule has 0 aromatic heterocycles. The summed E-state index contributed by atoms with van der Waals surface area (Å²) < 4.78 is 0. The van der Waals surface area contributed by atoms with Gasteiger partial charge in [0.05, 0.1) is 5.69 Å². The molecule has 0 radical (unpaired) electrons. The number of rotatable bonds is 4. The summed E-state index contributed by atoms with van der Waals surface area (Å²) in [6.45, 7) is 7.37. The molecule has 78 valence electrons. The molecular weight excluding hydrogens is 174 g/mol. The molecule has 0 aliphatic rings.